The van der Waals surface area contributed by atoms with Crippen molar-refractivity contribution < 1.29 is 14.4 Å². The summed E-state index contributed by atoms with van der Waals surface area (Å²) >= 11 is 0. The van der Waals surface area contributed by atoms with Crippen LogP contribution in [0, 0.1) is 0 Å². The normalized spacial score (nSPS) is 12.0. The van der Waals surface area contributed by atoms with E-state index in [9.17, 15) is 14.4 Å². The number of rotatable bonds is 6. The maximum absolute atomic E-state index is 13.4. The van der Waals surface area contributed by atoms with Crippen molar-refractivity contribution in [3.63, 3.8) is 0 Å². The van der Waals surface area contributed by atoms with Crippen LogP contribution in [0.1, 0.15) is 35.2 Å². The van der Waals surface area contributed by atoms with E-state index in [1.54, 1.807) is 25.1 Å². The summed E-state index contributed by atoms with van der Waals surface area (Å²) < 4.78 is 0. The average molecular weight is 380 g/mol. The van der Waals surface area contributed by atoms with E-state index in [-0.39, 0.29) is 12.2 Å². The number of hydrogen-bond donors (Lipinski definition) is 0. The fraction of sp³-hybridized carbons (Fsp3) is 0.115. The van der Waals surface area contributed by atoms with Crippen LogP contribution >= 0.6 is 0 Å². The average Bonchev–Trinajstić information content (AvgIpc) is 2.78. The lowest BCUT2D eigenvalue weighted by molar-refractivity contribution is -0.126. The minimum Gasteiger partial charge on any atom is -0.299 e. The molecule has 0 heterocycles. The lowest BCUT2D eigenvalue weighted by atomic mass is 9.83. The smallest absolute Gasteiger partial charge is 0.230 e. The van der Waals surface area contributed by atoms with Crippen LogP contribution in [0.15, 0.2) is 84.9 Å². The summed E-state index contributed by atoms with van der Waals surface area (Å²) in [5.74, 6) is -2.65. The first-order valence-electron chi connectivity index (χ1n) is 9.68. The fourth-order valence-electron chi connectivity index (χ4n) is 3.85. The van der Waals surface area contributed by atoms with Gasteiger partial charge < -0.3 is 0 Å². The van der Waals surface area contributed by atoms with Crippen molar-refractivity contribution in [1.29, 1.82) is 0 Å². The Kier molecular flexibility index (Phi) is 5.05. The largest absolute Gasteiger partial charge is 0.299 e. The minimum absolute atomic E-state index is 0.183. The number of carbonyl (C=O) groups is 3. The maximum Gasteiger partial charge on any atom is 0.230 e. The van der Waals surface area contributed by atoms with Crippen LogP contribution in [0.4, 0.5) is 0 Å². The van der Waals surface area contributed by atoms with E-state index in [0.717, 1.165) is 16.2 Å². The molecule has 0 aliphatic rings. The number of benzene rings is 4. The summed E-state index contributed by atoms with van der Waals surface area (Å²) in [5.41, 5.74) is 0.927. The summed E-state index contributed by atoms with van der Waals surface area (Å²) in [6.45, 7) is 1.72. The Balaban J connectivity index is 1.84. The van der Waals surface area contributed by atoms with Crippen molar-refractivity contribution >= 4 is 38.9 Å². The molecule has 4 rings (SSSR count). The topological polar surface area (TPSA) is 51.2 Å². The van der Waals surface area contributed by atoms with Crippen LogP contribution in [-0.4, -0.2) is 17.3 Å². The van der Waals surface area contributed by atoms with Gasteiger partial charge in [0.25, 0.3) is 0 Å². The molecule has 0 saturated heterocycles. The SMILES string of the molecule is CCC(=O)C(C(=O)C(=O)c1cccc2ccccc12)c1cccc2ccccc12. The first-order chi connectivity index (χ1) is 14.1. The highest BCUT2D eigenvalue weighted by Crippen LogP contribution is 2.30. The third-order valence-corrected chi connectivity index (χ3v) is 5.33. The molecular weight excluding hydrogens is 360 g/mol. The lowest BCUT2D eigenvalue weighted by Crippen LogP contribution is -2.28. The number of Topliss-reactive ketones (excluding diaryl/α,β-unsaturated/α-hetero) is 3. The second-order valence-corrected chi connectivity index (χ2v) is 7.04. The molecule has 1 atom stereocenters. The highest BCUT2D eigenvalue weighted by Gasteiger charge is 2.34. The Morgan fingerprint density at radius 3 is 1.93 bits per heavy atom. The van der Waals surface area contributed by atoms with Gasteiger partial charge in [-0.1, -0.05) is 91.9 Å². The molecule has 0 amide bonds. The Morgan fingerprint density at radius 1 is 0.690 bits per heavy atom. The van der Waals surface area contributed by atoms with Gasteiger partial charge in [-0.15, -0.1) is 0 Å². The molecule has 0 aliphatic carbocycles. The van der Waals surface area contributed by atoms with E-state index in [0.29, 0.717) is 16.5 Å². The van der Waals surface area contributed by atoms with Crippen LogP contribution in [-0.2, 0) is 9.59 Å². The number of hydrogen-bond acceptors (Lipinski definition) is 3. The van der Waals surface area contributed by atoms with Gasteiger partial charge >= 0.3 is 0 Å². The predicted octanol–water partition coefficient (Wildman–Crippen LogP) is 5.51. The molecule has 0 spiro atoms. The van der Waals surface area contributed by atoms with Crippen LogP contribution in [0.25, 0.3) is 21.5 Å². The zero-order chi connectivity index (χ0) is 20.4. The van der Waals surface area contributed by atoms with Gasteiger partial charge in [-0.05, 0) is 27.1 Å². The van der Waals surface area contributed by atoms with Gasteiger partial charge in [0.15, 0.2) is 0 Å². The zero-order valence-corrected chi connectivity index (χ0v) is 16.1. The summed E-state index contributed by atoms with van der Waals surface area (Å²) in [5, 5.41) is 3.36. The van der Waals surface area contributed by atoms with Crippen molar-refractivity contribution in [2.75, 3.05) is 0 Å². The highest BCUT2D eigenvalue weighted by atomic mass is 16.2. The molecule has 4 aromatic carbocycles. The molecular formula is C26H20O3. The second kappa shape index (κ2) is 7.80. The standard InChI is InChI=1S/C26H20O3/c1-2-23(27)24(21-15-7-11-17-9-3-5-13-19(17)21)26(29)25(28)22-16-8-12-18-10-4-6-14-20(18)22/h3-16,24H,2H2,1H3. The van der Waals surface area contributed by atoms with Crippen molar-refractivity contribution in [1.82, 2.24) is 0 Å². The summed E-state index contributed by atoms with van der Waals surface area (Å²) in [6.07, 6.45) is 0.183. The van der Waals surface area contributed by atoms with E-state index in [2.05, 4.69) is 0 Å². The van der Waals surface area contributed by atoms with E-state index in [1.807, 2.05) is 66.7 Å². The molecule has 1 unspecified atom stereocenters. The van der Waals surface area contributed by atoms with Gasteiger partial charge in [-0.25, -0.2) is 0 Å². The van der Waals surface area contributed by atoms with Crippen molar-refractivity contribution in [3.05, 3.63) is 96.1 Å². The molecule has 0 aromatic heterocycles. The summed E-state index contributed by atoms with van der Waals surface area (Å²) in [6, 6.07) is 25.9. The van der Waals surface area contributed by atoms with Crippen molar-refractivity contribution in [2.24, 2.45) is 0 Å². The van der Waals surface area contributed by atoms with Crippen LogP contribution < -0.4 is 0 Å². The number of fused-ring (bicyclic) bond motifs is 2. The minimum atomic E-state index is -1.10. The lowest BCUT2D eigenvalue weighted by Gasteiger charge is -2.17. The predicted molar refractivity (Wildman–Crippen MR) is 115 cm³/mol. The van der Waals surface area contributed by atoms with Gasteiger partial charge in [0.1, 0.15) is 11.7 Å². The molecule has 0 N–H and O–H groups in total. The van der Waals surface area contributed by atoms with E-state index in [4.69, 9.17) is 0 Å². The second-order valence-electron chi connectivity index (χ2n) is 7.04. The molecule has 0 saturated carbocycles. The first-order valence-corrected chi connectivity index (χ1v) is 9.68. The third kappa shape index (κ3) is 3.36. The maximum atomic E-state index is 13.4. The van der Waals surface area contributed by atoms with E-state index >= 15 is 0 Å². The highest BCUT2D eigenvalue weighted by molar-refractivity contribution is 6.50. The number of carbonyl (C=O) groups excluding carboxylic acids is 3. The Morgan fingerprint density at radius 2 is 1.24 bits per heavy atom. The molecule has 3 nitrogen and oxygen atoms in total. The molecule has 0 aliphatic heterocycles. The third-order valence-electron chi connectivity index (χ3n) is 5.33. The molecule has 3 heteroatoms. The van der Waals surface area contributed by atoms with Gasteiger partial charge in [-0.3, -0.25) is 14.4 Å². The quantitative estimate of drug-likeness (QED) is 0.252. The molecule has 29 heavy (non-hydrogen) atoms. The Hall–Kier alpha value is -3.59. The monoisotopic (exact) mass is 380 g/mol. The van der Waals surface area contributed by atoms with E-state index < -0.39 is 17.5 Å². The van der Waals surface area contributed by atoms with Gasteiger partial charge in [0.05, 0.1) is 0 Å². The Bertz CT molecular complexity index is 1240. The van der Waals surface area contributed by atoms with E-state index in [1.165, 1.54) is 0 Å². The van der Waals surface area contributed by atoms with Gasteiger partial charge in [-0.2, -0.15) is 0 Å². The molecule has 0 radical (unpaired) electrons. The van der Waals surface area contributed by atoms with Crippen LogP contribution in [0.5, 0.6) is 0 Å². The van der Waals surface area contributed by atoms with Crippen LogP contribution in [0.2, 0.25) is 0 Å². The molecule has 142 valence electrons. The molecule has 0 bridgehead atoms. The summed E-state index contributed by atoms with van der Waals surface area (Å²) in [4.78, 5) is 39.4. The molecule has 0 fully saturated rings. The Labute approximate surface area is 169 Å². The van der Waals surface area contributed by atoms with Gasteiger partial charge in [0.2, 0.25) is 11.6 Å². The zero-order valence-electron chi connectivity index (χ0n) is 16.1. The summed E-state index contributed by atoms with van der Waals surface area (Å²) in [7, 11) is 0. The van der Waals surface area contributed by atoms with Crippen molar-refractivity contribution in [3.8, 4) is 0 Å². The van der Waals surface area contributed by atoms with Gasteiger partial charge in [0, 0.05) is 12.0 Å². The van der Waals surface area contributed by atoms with Crippen LogP contribution in [0.3, 0.4) is 0 Å². The fourth-order valence-corrected chi connectivity index (χ4v) is 3.85. The van der Waals surface area contributed by atoms with Crippen molar-refractivity contribution in [2.45, 2.75) is 19.3 Å². The first kappa shape index (κ1) is 18.8. The number of ketones is 3. The molecule has 4 aromatic rings.